The van der Waals surface area contributed by atoms with Crippen molar-refractivity contribution in [2.24, 2.45) is 0 Å². The summed E-state index contributed by atoms with van der Waals surface area (Å²) in [4.78, 5) is 12.8. The van der Waals surface area contributed by atoms with Gasteiger partial charge in [0, 0.05) is 28.4 Å². The van der Waals surface area contributed by atoms with Crippen molar-refractivity contribution in [3.05, 3.63) is 88.9 Å². The number of methoxy groups -OCH3 is 1. The second kappa shape index (κ2) is 9.96. The Balaban J connectivity index is 1.65. The molecule has 0 amide bonds. The van der Waals surface area contributed by atoms with E-state index >= 15 is 0 Å². The minimum Gasteiger partial charge on any atom is -0.493 e. The fourth-order valence-corrected chi connectivity index (χ4v) is 2.99. The summed E-state index contributed by atoms with van der Waals surface area (Å²) in [7, 11) is 1.56. The third-order valence-electron chi connectivity index (χ3n) is 4.29. The highest BCUT2D eigenvalue weighted by Gasteiger charge is 2.15. The van der Waals surface area contributed by atoms with Gasteiger partial charge in [-0.1, -0.05) is 54.1 Å². The number of ether oxygens (including phenoxy) is 2. The predicted molar refractivity (Wildman–Crippen MR) is 114 cm³/mol. The fourth-order valence-electron chi connectivity index (χ4n) is 2.81. The van der Waals surface area contributed by atoms with Crippen LogP contribution in [0, 0.1) is 0 Å². The average molecular weight is 412 g/mol. The van der Waals surface area contributed by atoms with Crippen molar-refractivity contribution in [2.75, 3.05) is 25.6 Å². The number of ketones is 1. The van der Waals surface area contributed by atoms with Crippen molar-refractivity contribution in [3.63, 3.8) is 0 Å². The Morgan fingerprint density at radius 3 is 2.45 bits per heavy atom. The molecule has 6 heteroatoms. The Morgan fingerprint density at radius 2 is 1.72 bits per heavy atom. The van der Waals surface area contributed by atoms with Gasteiger partial charge in [-0.05, 0) is 30.3 Å². The van der Waals surface area contributed by atoms with E-state index in [-0.39, 0.29) is 18.9 Å². The number of aliphatic hydroxyl groups excluding tert-OH is 1. The Labute approximate surface area is 174 Å². The lowest BCUT2D eigenvalue weighted by atomic mass is 10.0. The number of aliphatic hydroxyl groups is 1. The lowest BCUT2D eigenvalue weighted by Gasteiger charge is -2.17. The van der Waals surface area contributed by atoms with Crippen LogP contribution in [0.5, 0.6) is 11.5 Å². The highest BCUT2D eigenvalue weighted by Crippen LogP contribution is 2.26. The van der Waals surface area contributed by atoms with Gasteiger partial charge in [0.2, 0.25) is 0 Å². The summed E-state index contributed by atoms with van der Waals surface area (Å²) in [6, 6.07) is 21.3. The molecule has 0 aromatic heterocycles. The number of benzene rings is 3. The average Bonchev–Trinajstić information content (AvgIpc) is 2.77. The molecule has 0 aliphatic heterocycles. The summed E-state index contributed by atoms with van der Waals surface area (Å²) in [6.07, 6.45) is -0.796. The number of rotatable bonds is 9. The number of hydrogen-bond acceptors (Lipinski definition) is 5. The first-order valence-corrected chi connectivity index (χ1v) is 9.53. The van der Waals surface area contributed by atoms with Crippen LogP contribution in [0.15, 0.2) is 72.8 Å². The summed E-state index contributed by atoms with van der Waals surface area (Å²) in [5, 5.41) is 13.9. The molecule has 2 N–H and O–H groups in total. The standard InChI is InChI=1S/C23H22ClNO4/c1-28-21-9-5-6-10-22(21)29-15-18(26)14-25-20-12-11-17(24)13-19(20)23(27)16-7-3-2-4-8-16/h2-13,18,25-26H,14-15H2,1H3/t18-/m1/s1. The van der Waals surface area contributed by atoms with Crippen LogP contribution in [0.1, 0.15) is 15.9 Å². The molecule has 0 saturated heterocycles. The van der Waals surface area contributed by atoms with Crippen LogP contribution in [-0.2, 0) is 0 Å². The molecule has 0 aliphatic rings. The monoisotopic (exact) mass is 411 g/mol. The molecule has 3 aromatic rings. The van der Waals surface area contributed by atoms with Crippen molar-refractivity contribution in [3.8, 4) is 11.5 Å². The molecule has 0 fully saturated rings. The number of para-hydroxylation sites is 2. The van der Waals surface area contributed by atoms with Crippen LogP contribution < -0.4 is 14.8 Å². The van der Waals surface area contributed by atoms with Crippen LogP contribution in [-0.4, -0.2) is 37.3 Å². The smallest absolute Gasteiger partial charge is 0.195 e. The van der Waals surface area contributed by atoms with E-state index < -0.39 is 6.10 Å². The molecule has 0 spiro atoms. The Bertz CT molecular complexity index is 962. The predicted octanol–water partition coefficient (Wildman–Crippen LogP) is 4.43. The number of carbonyl (C=O) groups is 1. The number of nitrogens with one attached hydrogen (secondary N) is 1. The molecular weight excluding hydrogens is 390 g/mol. The van der Waals surface area contributed by atoms with E-state index in [4.69, 9.17) is 21.1 Å². The zero-order valence-corrected chi connectivity index (χ0v) is 16.7. The molecule has 0 radical (unpaired) electrons. The van der Waals surface area contributed by atoms with Gasteiger partial charge >= 0.3 is 0 Å². The Morgan fingerprint density at radius 1 is 1.03 bits per heavy atom. The largest absolute Gasteiger partial charge is 0.493 e. The van der Waals surface area contributed by atoms with E-state index in [9.17, 15) is 9.90 Å². The van der Waals surface area contributed by atoms with Gasteiger partial charge in [0.05, 0.1) is 7.11 Å². The van der Waals surface area contributed by atoms with Crippen molar-refractivity contribution in [1.29, 1.82) is 0 Å². The minimum atomic E-state index is -0.796. The van der Waals surface area contributed by atoms with Crippen LogP contribution in [0.4, 0.5) is 5.69 Å². The first-order chi connectivity index (χ1) is 14.1. The van der Waals surface area contributed by atoms with Crippen molar-refractivity contribution < 1.29 is 19.4 Å². The van der Waals surface area contributed by atoms with Crippen LogP contribution in [0.3, 0.4) is 0 Å². The maximum Gasteiger partial charge on any atom is 0.195 e. The molecule has 0 bridgehead atoms. The van der Waals surface area contributed by atoms with E-state index in [0.717, 1.165) is 0 Å². The molecule has 1 atom stereocenters. The fraction of sp³-hybridized carbons (Fsp3) is 0.174. The molecule has 0 heterocycles. The summed E-state index contributed by atoms with van der Waals surface area (Å²) in [5.74, 6) is 1.01. The first kappa shape index (κ1) is 20.7. The molecule has 0 aliphatic carbocycles. The Hall–Kier alpha value is -3.02. The summed E-state index contributed by atoms with van der Waals surface area (Å²) in [6.45, 7) is 0.273. The molecule has 0 unspecified atom stereocenters. The van der Waals surface area contributed by atoms with E-state index in [1.807, 2.05) is 30.3 Å². The summed E-state index contributed by atoms with van der Waals surface area (Å²) in [5.41, 5.74) is 1.61. The number of hydrogen-bond donors (Lipinski definition) is 2. The van der Waals surface area contributed by atoms with Crippen molar-refractivity contribution >= 4 is 23.1 Å². The second-order valence-electron chi connectivity index (χ2n) is 6.38. The van der Waals surface area contributed by atoms with Gasteiger partial charge in [-0.2, -0.15) is 0 Å². The number of carbonyl (C=O) groups excluding carboxylic acids is 1. The molecule has 0 saturated carbocycles. The van der Waals surface area contributed by atoms with E-state index in [2.05, 4.69) is 5.32 Å². The van der Waals surface area contributed by atoms with E-state index in [0.29, 0.717) is 33.3 Å². The maximum absolute atomic E-state index is 12.8. The normalized spacial score (nSPS) is 11.6. The molecular formula is C23H22ClNO4. The molecule has 150 valence electrons. The van der Waals surface area contributed by atoms with Gasteiger partial charge in [0.1, 0.15) is 12.7 Å². The molecule has 5 nitrogen and oxygen atoms in total. The summed E-state index contributed by atoms with van der Waals surface area (Å²) >= 11 is 6.10. The Kier molecular flexibility index (Phi) is 7.11. The second-order valence-corrected chi connectivity index (χ2v) is 6.82. The van der Waals surface area contributed by atoms with Gasteiger partial charge in [-0.25, -0.2) is 0 Å². The topological polar surface area (TPSA) is 67.8 Å². The van der Waals surface area contributed by atoms with Gasteiger partial charge in [-0.3, -0.25) is 4.79 Å². The zero-order valence-electron chi connectivity index (χ0n) is 16.0. The van der Waals surface area contributed by atoms with Gasteiger partial charge in [0.15, 0.2) is 17.3 Å². The lowest BCUT2D eigenvalue weighted by Crippen LogP contribution is -2.27. The van der Waals surface area contributed by atoms with Gasteiger partial charge in [0.25, 0.3) is 0 Å². The van der Waals surface area contributed by atoms with Crippen LogP contribution in [0.25, 0.3) is 0 Å². The number of anilines is 1. The van der Waals surface area contributed by atoms with E-state index in [1.165, 1.54) is 0 Å². The van der Waals surface area contributed by atoms with E-state index in [1.54, 1.807) is 49.6 Å². The minimum absolute atomic E-state index is 0.0723. The zero-order chi connectivity index (χ0) is 20.6. The highest BCUT2D eigenvalue weighted by atomic mass is 35.5. The van der Waals surface area contributed by atoms with Crippen LogP contribution >= 0.6 is 11.6 Å². The van der Waals surface area contributed by atoms with Crippen molar-refractivity contribution in [1.82, 2.24) is 0 Å². The third-order valence-corrected chi connectivity index (χ3v) is 4.53. The quantitative estimate of drug-likeness (QED) is 0.510. The highest BCUT2D eigenvalue weighted by molar-refractivity contribution is 6.31. The van der Waals surface area contributed by atoms with Gasteiger partial charge in [-0.15, -0.1) is 0 Å². The third kappa shape index (κ3) is 5.50. The SMILES string of the molecule is COc1ccccc1OC[C@H](O)CNc1ccc(Cl)cc1C(=O)c1ccccc1. The summed E-state index contributed by atoms with van der Waals surface area (Å²) < 4.78 is 10.9. The van der Waals surface area contributed by atoms with Crippen LogP contribution in [0.2, 0.25) is 5.02 Å². The maximum atomic E-state index is 12.8. The molecule has 3 aromatic carbocycles. The molecule has 3 rings (SSSR count). The lowest BCUT2D eigenvalue weighted by molar-refractivity contribution is 0.103. The van der Waals surface area contributed by atoms with Gasteiger partial charge < -0.3 is 19.9 Å². The molecule has 29 heavy (non-hydrogen) atoms. The number of halogens is 1. The first-order valence-electron chi connectivity index (χ1n) is 9.15. The van der Waals surface area contributed by atoms with Crippen molar-refractivity contribution in [2.45, 2.75) is 6.10 Å².